The Morgan fingerprint density at radius 3 is 2.56 bits per heavy atom. The van der Waals surface area contributed by atoms with Crippen LogP contribution in [0.1, 0.15) is 17.5 Å². The van der Waals surface area contributed by atoms with Gasteiger partial charge in [0.2, 0.25) is 0 Å². The average Bonchev–Trinajstić information content (AvgIpc) is 2.67. The standard InChI is InChI=1S/C21H20ClNO4/c1-14-3-4-15-12-16(21(22)23-19(15)11-14)13-27-20(24)9-10-26-18-7-5-17(25-2)6-8-18/h3-8,11-12H,9-10,13H2,1-2H3. The number of methoxy groups -OCH3 is 1. The molecule has 0 N–H and O–H groups in total. The van der Waals surface area contributed by atoms with Crippen molar-refractivity contribution in [2.24, 2.45) is 0 Å². The molecule has 2 aromatic carbocycles. The molecule has 0 aliphatic heterocycles. The van der Waals surface area contributed by atoms with E-state index >= 15 is 0 Å². The zero-order valence-electron chi connectivity index (χ0n) is 15.2. The van der Waals surface area contributed by atoms with Gasteiger partial charge in [-0.15, -0.1) is 0 Å². The summed E-state index contributed by atoms with van der Waals surface area (Å²) in [5, 5.41) is 1.30. The number of pyridine rings is 1. The first-order valence-electron chi connectivity index (χ1n) is 8.53. The Hall–Kier alpha value is -2.79. The Bertz CT molecular complexity index is 941. The predicted molar refractivity (Wildman–Crippen MR) is 104 cm³/mol. The van der Waals surface area contributed by atoms with E-state index in [9.17, 15) is 4.79 Å². The van der Waals surface area contributed by atoms with Gasteiger partial charge < -0.3 is 14.2 Å². The number of esters is 1. The first-order valence-corrected chi connectivity index (χ1v) is 8.91. The third-order valence-corrected chi connectivity index (χ3v) is 4.35. The largest absolute Gasteiger partial charge is 0.497 e. The van der Waals surface area contributed by atoms with Gasteiger partial charge in [-0.3, -0.25) is 4.79 Å². The second-order valence-corrected chi connectivity index (χ2v) is 6.43. The molecule has 5 nitrogen and oxygen atoms in total. The van der Waals surface area contributed by atoms with E-state index in [2.05, 4.69) is 4.98 Å². The molecule has 0 atom stereocenters. The van der Waals surface area contributed by atoms with E-state index in [4.69, 9.17) is 25.8 Å². The van der Waals surface area contributed by atoms with E-state index in [1.807, 2.05) is 31.2 Å². The molecule has 0 saturated carbocycles. The third-order valence-electron chi connectivity index (χ3n) is 4.02. The van der Waals surface area contributed by atoms with Gasteiger partial charge in [-0.25, -0.2) is 4.98 Å². The highest BCUT2D eigenvalue weighted by Crippen LogP contribution is 2.22. The first-order chi connectivity index (χ1) is 13.0. The summed E-state index contributed by atoms with van der Waals surface area (Å²) in [5.41, 5.74) is 2.61. The van der Waals surface area contributed by atoms with Crippen LogP contribution in [-0.4, -0.2) is 24.7 Å². The van der Waals surface area contributed by atoms with Gasteiger partial charge in [0.15, 0.2) is 0 Å². The highest BCUT2D eigenvalue weighted by molar-refractivity contribution is 6.30. The summed E-state index contributed by atoms with van der Waals surface area (Å²) in [7, 11) is 1.60. The molecule has 3 rings (SSSR count). The Balaban J connectivity index is 1.50. The van der Waals surface area contributed by atoms with Crippen LogP contribution in [0.4, 0.5) is 0 Å². The average molecular weight is 386 g/mol. The van der Waals surface area contributed by atoms with Gasteiger partial charge in [0.25, 0.3) is 0 Å². The second kappa shape index (κ2) is 8.73. The van der Waals surface area contributed by atoms with Gasteiger partial charge in [0, 0.05) is 10.9 Å². The maximum Gasteiger partial charge on any atom is 0.309 e. The summed E-state index contributed by atoms with van der Waals surface area (Å²) < 4.78 is 15.9. The third kappa shape index (κ3) is 5.11. The van der Waals surface area contributed by atoms with Crippen molar-refractivity contribution >= 4 is 28.5 Å². The van der Waals surface area contributed by atoms with Crippen LogP contribution in [0.15, 0.2) is 48.5 Å². The summed E-state index contributed by atoms with van der Waals surface area (Å²) in [6.07, 6.45) is 0.143. The van der Waals surface area contributed by atoms with Gasteiger partial charge in [-0.1, -0.05) is 23.7 Å². The molecule has 0 fully saturated rings. The van der Waals surface area contributed by atoms with Gasteiger partial charge in [-0.05, 0) is 48.9 Å². The van der Waals surface area contributed by atoms with Crippen molar-refractivity contribution in [1.82, 2.24) is 4.98 Å². The number of rotatable bonds is 7. The van der Waals surface area contributed by atoms with Crippen molar-refractivity contribution in [1.29, 1.82) is 0 Å². The van der Waals surface area contributed by atoms with E-state index in [1.165, 1.54) is 0 Å². The molecule has 0 unspecified atom stereocenters. The lowest BCUT2D eigenvalue weighted by atomic mass is 10.1. The molecule has 0 radical (unpaired) electrons. The van der Waals surface area contributed by atoms with Crippen LogP contribution in [0.5, 0.6) is 11.5 Å². The molecular weight excluding hydrogens is 366 g/mol. The SMILES string of the molecule is COc1ccc(OCCC(=O)OCc2cc3ccc(C)cc3nc2Cl)cc1. The normalized spacial score (nSPS) is 10.6. The Labute approximate surface area is 162 Å². The van der Waals surface area contributed by atoms with Crippen molar-refractivity contribution in [2.45, 2.75) is 20.0 Å². The van der Waals surface area contributed by atoms with Crippen molar-refractivity contribution < 1.29 is 19.0 Å². The fraction of sp³-hybridized carbons (Fsp3) is 0.238. The van der Waals surface area contributed by atoms with E-state index in [0.29, 0.717) is 16.5 Å². The van der Waals surface area contributed by atoms with E-state index < -0.39 is 0 Å². The summed E-state index contributed by atoms with van der Waals surface area (Å²) >= 11 is 6.21. The Kier molecular flexibility index (Phi) is 6.14. The number of benzene rings is 2. The number of carbonyl (C=O) groups excluding carboxylic acids is 1. The van der Waals surface area contributed by atoms with Crippen LogP contribution in [0, 0.1) is 6.92 Å². The number of ether oxygens (including phenoxy) is 3. The zero-order valence-corrected chi connectivity index (χ0v) is 16.0. The fourth-order valence-electron chi connectivity index (χ4n) is 2.55. The molecule has 0 spiro atoms. The van der Waals surface area contributed by atoms with E-state index in [0.717, 1.165) is 22.2 Å². The van der Waals surface area contributed by atoms with Gasteiger partial charge in [-0.2, -0.15) is 0 Å². The molecule has 0 aliphatic rings. The predicted octanol–water partition coefficient (Wildman–Crippen LogP) is 4.72. The fourth-order valence-corrected chi connectivity index (χ4v) is 2.75. The van der Waals surface area contributed by atoms with Gasteiger partial charge >= 0.3 is 5.97 Å². The summed E-state index contributed by atoms with van der Waals surface area (Å²) in [5.74, 6) is 1.06. The van der Waals surface area contributed by atoms with Crippen LogP contribution in [0.2, 0.25) is 5.15 Å². The minimum atomic E-state index is -0.358. The minimum absolute atomic E-state index is 0.0804. The molecule has 1 aromatic heterocycles. The van der Waals surface area contributed by atoms with Crippen molar-refractivity contribution in [2.75, 3.05) is 13.7 Å². The van der Waals surface area contributed by atoms with Crippen molar-refractivity contribution in [3.05, 3.63) is 64.8 Å². The molecule has 27 heavy (non-hydrogen) atoms. The van der Waals surface area contributed by atoms with Crippen molar-refractivity contribution in [3.63, 3.8) is 0 Å². The maximum atomic E-state index is 11.9. The Morgan fingerprint density at radius 1 is 1.07 bits per heavy atom. The molecule has 0 amide bonds. The zero-order chi connectivity index (χ0) is 19.2. The molecule has 0 saturated heterocycles. The highest BCUT2D eigenvalue weighted by Gasteiger charge is 2.09. The number of halogens is 1. The minimum Gasteiger partial charge on any atom is -0.497 e. The number of hydrogen-bond acceptors (Lipinski definition) is 5. The Morgan fingerprint density at radius 2 is 1.81 bits per heavy atom. The lowest BCUT2D eigenvalue weighted by Crippen LogP contribution is -2.10. The van der Waals surface area contributed by atoms with Crippen LogP contribution < -0.4 is 9.47 Å². The van der Waals surface area contributed by atoms with E-state index in [-0.39, 0.29) is 25.6 Å². The molecule has 6 heteroatoms. The topological polar surface area (TPSA) is 57.7 Å². The van der Waals surface area contributed by atoms with Gasteiger partial charge in [0.1, 0.15) is 23.3 Å². The molecule has 0 bridgehead atoms. The van der Waals surface area contributed by atoms with Crippen LogP contribution in [-0.2, 0) is 16.1 Å². The van der Waals surface area contributed by atoms with E-state index in [1.54, 1.807) is 31.4 Å². The quantitative estimate of drug-likeness (QED) is 0.435. The molecule has 1 heterocycles. The number of aryl methyl sites for hydroxylation is 1. The smallest absolute Gasteiger partial charge is 0.309 e. The van der Waals surface area contributed by atoms with Gasteiger partial charge in [0.05, 0.1) is 25.7 Å². The first kappa shape index (κ1) is 19.0. The molecule has 3 aromatic rings. The number of fused-ring (bicyclic) bond motifs is 1. The van der Waals surface area contributed by atoms with Crippen LogP contribution in [0.25, 0.3) is 10.9 Å². The molecular formula is C21H20ClNO4. The molecule has 140 valence electrons. The van der Waals surface area contributed by atoms with Crippen molar-refractivity contribution in [3.8, 4) is 11.5 Å². The maximum absolute atomic E-state index is 11.9. The summed E-state index contributed by atoms with van der Waals surface area (Å²) in [6, 6.07) is 15.0. The van der Waals surface area contributed by atoms with Crippen LogP contribution >= 0.6 is 11.6 Å². The number of aromatic nitrogens is 1. The number of nitrogens with zero attached hydrogens (tertiary/aromatic N) is 1. The summed E-state index contributed by atoms with van der Waals surface area (Å²) in [6.45, 7) is 2.31. The summed E-state index contributed by atoms with van der Waals surface area (Å²) in [4.78, 5) is 16.3. The highest BCUT2D eigenvalue weighted by atomic mass is 35.5. The second-order valence-electron chi connectivity index (χ2n) is 6.07. The lowest BCUT2D eigenvalue weighted by Gasteiger charge is -2.09. The monoisotopic (exact) mass is 385 g/mol. The molecule has 0 aliphatic carbocycles. The number of carbonyl (C=O) groups is 1. The van der Waals surface area contributed by atoms with Crippen LogP contribution in [0.3, 0.4) is 0 Å². The number of hydrogen-bond donors (Lipinski definition) is 0. The lowest BCUT2D eigenvalue weighted by molar-refractivity contribution is -0.145.